The molecule has 0 aliphatic rings. The van der Waals surface area contributed by atoms with Gasteiger partial charge in [-0.05, 0) is 46.6 Å². The van der Waals surface area contributed by atoms with Crippen molar-refractivity contribution in [3.05, 3.63) is 41.1 Å². The van der Waals surface area contributed by atoms with E-state index in [0.717, 1.165) is 4.47 Å². The lowest BCUT2D eigenvalue weighted by Crippen LogP contribution is -2.25. The number of carbonyl (C=O) groups is 1. The summed E-state index contributed by atoms with van der Waals surface area (Å²) < 4.78 is 29.5. The predicted molar refractivity (Wildman–Crippen MR) is 90.5 cm³/mol. The van der Waals surface area contributed by atoms with Crippen molar-refractivity contribution >= 4 is 37.5 Å². The second-order valence-electron chi connectivity index (χ2n) is 4.88. The van der Waals surface area contributed by atoms with Gasteiger partial charge in [0.1, 0.15) is 0 Å². The van der Waals surface area contributed by atoms with E-state index < -0.39 is 10.0 Å². The number of halogens is 1. The molecule has 0 radical (unpaired) electrons. The molecule has 2 rings (SSSR count). The molecule has 0 fully saturated rings. The summed E-state index contributed by atoms with van der Waals surface area (Å²) in [6, 6.07) is 6.02. The van der Waals surface area contributed by atoms with E-state index in [1.807, 2.05) is 6.20 Å². The number of aromatic nitrogens is 2. The largest absolute Gasteiger partial charge is 0.326 e. The molecule has 9 heteroatoms. The number of hydrogen-bond acceptors (Lipinski definition) is 4. The van der Waals surface area contributed by atoms with Gasteiger partial charge in [0.2, 0.25) is 15.9 Å². The fourth-order valence-corrected chi connectivity index (χ4v) is 3.31. The first-order chi connectivity index (χ1) is 10.9. The summed E-state index contributed by atoms with van der Waals surface area (Å²) in [6.45, 7) is 2.33. The number of aryl methyl sites for hydroxylation is 1. The van der Waals surface area contributed by atoms with Crippen LogP contribution in [0.1, 0.15) is 13.3 Å². The molecular formula is C14H17BrN4O3S. The van der Waals surface area contributed by atoms with Crippen molar-refractivity contribution < 1.29 is 13.2 Å². The maximum atomic E-state index is 12.2. The number of carbonyl (C=O) groups excluding carboxylic acids is 1. The van der Waals surface area contributed by atoms with Crippen LogP contribution in [0.2, 0.25) is 0 Å². The van der Waals surface area contributed by atoms with Gasteiger partial charge in [0.15, 0.2) is 0 Å². The maximum Gasteiger partial charge on any atom is 0.240 e. The number of nitrogens with zero attached hydrogens (tertiary/aromatic N) is 2. The van der Waals surface area contributed by atoms with Gasteiger partial charge >= 0.3 is 0 Å². The third-order valence-electron chi connectivity index (χ3n) is 2.94. The van der Waals surface area contributed by atoms with Crippen molar-refractivity contribution in [2.24, 2.45) is 0 Å². The zero-order valence-electron chi connectivity index (χ0n) is 12.5. The van der Waals surface area contributed by atoms with E-state index in [-0.39, 0.29) is 10.8 Å². The Morgan fingerprint density at radius 1 is 1.30 bits per heavy atom. The molecule has 0 saturated carbocycles. The molecule has 1 aromatic carbocycles. The van der Waals surface area contributed by atoms with Crippen LogP contribution in [0, 0.1) is 0 Å². The van der Waals surface area contributed by atoms with E-state index in [1.165, 1.54) is 19.1 Å². The van der Waals surface area contributed by atoms with Crippen LogP contribution in [0.5, 0.6) is 0 Å². The molecule has 0 saturated heterocycles. The Balaban J connectivity index is 1.87. The number of benzene rings is 1. The fourth-order valence-electron chi connectivity index (χ4n) is 1.91. The summed E-state index contributed by atoms with van der Waals surface area (Å²) in [6.07, 6.45) is 4.13. The van der Waals surface area contributed by atoms with Crippen molar-refractivity contribution in [2.75, 3.05) is 11.9 Å². The van der Waals surface area contributed by atoms with Crippen LogP contribution >= 0.6 is 15.9 Å². The van der Waals surface area contributed by atoms with E-state index in [0.29, 0.717) is 25.2 Å². The molecule has 7 nitrogen and oxygen atoms in total. The third kappa shape index (κ3) is 5.45. The van der Waals surface area contributed by atoms with E-state index in [1.54, 1.807) is 23.0 Å². The van der Waals surface area contributed by atoms with E-state index in [9.17, 15) is 13.2 Å². The van der Waals surface area contributed by atoms with Gasteiger partial charge in [-0.25, -0.2) is 13.1 Å². The van der Waals surface area contributed by atoms with Crippen LogP contribution < -0.4 is 10.0 Å². The number of sulfonamides is 1. The minimum atomic E-state index is -3.56. The number of rotatable bonds is 7. The molecule has 124 valence electrons. The highest BCUT2D eigenvalue weighted by Gasteiger charge is 2.13. The molecular weight excluding hydrogens is 384 g/mol. The van der Waals surface area contributed by atoms with Gasteiger partial charge in [0.05, 0.1) is 15.6 Å². The van der Waals surface area contributed by atoms with Gasteiger partial charge in [-0.3, -0.25) is 9.48 Å². The minimum absolute atomic E-state index is 0.161. The average Bonchev–Trinajstić information content (AvgIpc) is 2.89. The van der Waals surface area contributed by atoms with Gasteiger partial charge in [-0.15, -0.1) is 0 Å². The van der Waals surface area contributed by atoms with Crippen LogP contribution in [-0.2, 0) is 21.4 Å². The lowest BCUT2D eigenvalue weighted by atomic mass is 10.3. The molecule has 23 heavy (non-hydrogen) atoms. The smallest absolute Gasteiger partial charge is 0.240 e. The molecule has 0 atom stereocenters. The van der Waals surface area contributed by atoms with E-state index in [4.69, 9.17) is 0 Å². The van der Waals surface area contributed by atoms with Gasteiger partial charge < -0.3 is 5.32 Å². The van der Waals surface area contributed by atoms with Crippen molar-refractivity contribution in [3.63, 3.8) is 0 Å². The SMILES string of the molecule is CC(=O)Nc1ccc(S(=O)(=O)NCCCn2cc(Br)cn2)cc1. The molecule has 1 amide bonds. The fraction of sp³-hybridized carbons (Fsp3) is 0.286. The first-order valence-corrected chi connectivity index (χ1v) is 9.20. The van der Waals surface area contributed by atoms with Crippen LogP contribution in [-0.4, -0.2) is 30.7 Å². The van der Waals surface area contributed by atoms with Crippen molar-refractivity contribution in [2.45, 2.75) is 24.8 Å². The number of hydrogen-bond donors (Lipinski definition) is 2. The maximum absolute atomic E-state index is 12.2. The minimum Gasteiger partial charge on any atom is -0.326 e. The van der Waals surface area contributed by atoms with Crippen LogP contribution in [0.25, 0.3) is 0 Å². The van der Waals surface area contributed by atoms with Gasteiger partial charge in [-0.1, -0.05) is 0 Å². The van der Waals surface area contributed by atoms with Gasteiger partial charge in [-0.2, -0.15) is 5.10 Å². The van der Waals surface area contributed by atoms with Crippen molar-refractivity contribution in [1.82, 2.24) is 14.5 Å². The lowest BCUT2D eigenvalue weighted by Gasteiger charge is -2.08. The molecule has 0 bridgehead atoms. The Hall–Kier alpha value is -1.71. The molecule has 0 spiro atoms. The molecule has 0 unspecified atom stereocenters. The Morgan fingerprint density at radius 3 is 2.57 bits per heavy atom. The number of nitrogens with one attached hydrogen (secondary N) is 2. The summed E-state index contributed by atoms with van der Waals surface area (Å²) in [5.74, 6) is -0.205. The second-order valence-corrected chi connectivity index (χ2v) is 7.56. The quantitative estimate of drug-likeness (QED) is 0.694. The first-order valence-electron chi connectivity index (χ1n) is 6.92. The standard InChI is InChI=1S/C14H17BrN4O3S/c1-11(20)18-13-3-5-14(6-4-13)23(21,22)17-7-2-8-19-10-12(15)9-16-19/h3-6,9-10,17H,2,7-8H2,1H3,(H,18,20). The van der Waals surface area contributed by atoms with Crippen LogP contribution in [0.3, 0.4) is 0 Å². The van der Waals surface area contributed by atoms with Crippen molar-refractivity contribution in [3.8, 4) is 0 Å². The Morgan fingerprint density at radius 2 is 2.00 bits per heavy atom. The van der Waals surface area contributed by atoms with Gasteiger partial charge in [0.25, 0.3) is 0 Å². The molecule has 2 N–H and O–H groups in total. The monoisotopic (exact) mass is 400 g/mol. The zero-order chi connectivity index (χ0) is 16.9. The van der Waals surface area contributed by atoms with Crippen molar-refractivity contribution in [1.29, 1.82) is 0 Å². The summed E-state index contributed by atoms with van der Waals surface area (Å²) in [5.41, 5.74) is 0.556. The Kier molecular flexibility index (Phi) is 5.91. The molecule has 0 aliphatic heterocycles. The van der Waals surface area contributed by atoms with E-state index >= 15 is 0 Å². The zero-order valence-corrected chi connectivity index (χ0v) is 14.9. The average molecular weight is 401 g/mol. The first kappa shape index (κ1) is 17.6. The highest BCUT2D eigenvalue weighted by atomic mass is 79.9. The predicted octanol–water partition coefficient (Wildman–Crippen LogP) is 1.97. The topological polar surface area (TPSA) is 93.1 Å². The normalized spacial score (nSPS) is 11.4. The molecule has 0 aliphatic carbocycles. The van der Waals surface area contributed by atoms with Crippen LogP contribution in [0.15, 0.2) is 46.0 Å². The summed E-state index contributed by atoms with van der Waals surface area (Å²) >= 11 is 3.30. The second kappa shape index (κ2) is 7.71. The third-order valence-corrected chi connectivity index (χ3v) is 4.83. The number of amides is 1. The van der Waals surface area contributed by atoms with E-state index in [2.05, 4.69) is 31.1 Å². The molecule has 1 aromatic heterocycles. The van der Waals surface area contributed by atoms with Gasteiger partial charge in [0, 0.05) is 31.9 Å². The summed E-state index contributed by atoms with van der Waals surface area (Å²) in [4.78, 5) is 11.1. The highest BCUT2D eigenvalue weighted by Crippen LogP contribution is 2.14. The lowest BCUT2D eigenvalue weighted by molar-refractivity contribution is -0.114. The highest BCUT2D eigenvalue weighted by molar-refractivity contribution is 9.10. The Labute approximate surface area is 143 Å². The number of anilines is 1. The summed E-state index contributed by atoms with van der Waals surface area (Å²) in [7, 11) is -3.56. The Bertz CT molecular complexity index is 772. The summed E-state index contributed by atoms with van der Waals surface area (Å²) in [5, 5.41) is 6.69. The molecule has 1 heterocycles. The molecule has 2 aromatic rings. The van der Waals surface area contributed by atoms with Crippen LogP contribution in [0.4, 0.5) is 5.69 Å².